The highest BCUT2D eigenvalue weighted by molar-refractivity contribution is 6.30. The number of methoxy groups -OCH3 is 1. The Kier molecular flexibility index (Phi) is 12.9. The molecule has 3 rings (SSSR count). The summed E-state index contributed by atoms with van der Waals surface area (Å²) >= 11 is 11.4. The van der Waals surface area contributed by atoms with E-state index in [1.165, 1.54) is 12.7 Å². The standard InChI is InChI=1S/C14H15ClO6.C7H7Cl.C2H6/c1-18-13-6-11(20-8-16)12(21-13)7-19-14(17)9-2-4-10(15)5-3-9;1-6-2-4-7(8)5-3-6;1-2/h2-5,8,11-13H,6-7H2,1H3;2-5H,1H3;1-2H3. The number of benzene rings is 2. The van der Waals surface area contributed by atoms with Gasteiger partial charge in [-0.2, -0.15) is 0 Å². The molecule has 1 fully saturated rings. The molecule has 0 amide bonds. The Morgan fingerprint density at radius 3 is 2.10 bits per heavy atom. The molecule has 3 atom stereocenters. The fourth-order valence-electron chi connectivity index (χ4n) is 2.55. The predicted octanol–water partition coefficient (Wildman–Crippen LogP) is 5.47. The lowest BCUT2D eigenvalue weighted by Gasteiger charge is -2.16. The largest absolute Gasteiger partial charge is 0.461 e. The lowest BCUT2D eigenvalue weighted by atomic mass is 10.2. The minimum Gasteiger partial charge on any atom is -0.461 e. The molecule has 1 saturated heterocycles. The number of ether oxygens (including phenoxy) is 4. The van der Waals surface area contributed by atoms with Crippen LogP contribution in [0.1, 0.15) is 36.2 Å². The van der Waals surface area contributed by atoms with Crippen LogP contribution in [0.5, 0.6) is 0 Å². The fraction of sp³-hybridized carbons (Fsp3) is 0.391. The monoisotopic (exact) mass is 470 g/mol. The van der Waals surface area contributed by atoms with Crippen LogP contribution in [0.25, 0.3) is 0 Å². The number of hydrogen-bond donors (Lipinski definition) is 0. The Labute approximate surface area is 193 Å². The van der Waals surface area contributed by atoms with Crippen molar-refractivity contribution in [2.24, 2.45) is 0 Å². The first-order chi connectivity index (χ1) is 14.9. The van der Waals surface area contributed by atoms with Gasteiger partial charge in [-0.25, -0.2) is 4.79 Å². The Bertz CT molecular complexity index is 759. The van der Waals surface area contributed by atoms with Gasteiger partial charge in [0.25, 0.3) is 6.47 Å². The van der Waals surface area contributed by atoms with Crippen LogP contribution in [0.3, 0.4) is 0 Å². The first-order valence-corrected chi connectivity index (χ1v) is 10.6. The normalized spacial score (nSPS) is 19.2. The maximum atomic E-state index is 11.9. The lowest BCUT2D eigenvalue weighted by Crippen LogP contribution is -2.30. The zero-order valence-electron chi connectivity index (χ0n) is 18.0. The fourth-order valence-corrected chi connectivity index (χ4v) is 2.80. The number of rotatable bonds is 6. The summed E-state index contributed by atoms with van der Waals surface area (Å²) in [4.78, 5) is 22.3. The molecule has 0 aliphatic carbocycles. The molecule has 0 radical (unpaired) electrons. The second kappa shape index (κ2) is 14.8. The van der Waals surface area contributed by atoms with Gasteiger partial charge >= 0.3 is 5.97 Å². The van der Waals surface area contributed by atoms with E-state index in [9.17, 15) is 9.59 Å². The van der Waals surface area contributed by atoms with E-state index in [-0.39, 0.29) is 6.61 Å². The molecular formula is C23H28Cl2O6. The molecule has 8 heteroatoms. The molecule has 0 spiro atoms. The summed E-state index contributed by atoms with van der Waals surface area (Å²) in [6.07, 6.45) is -1.12. The number of halogens is 2. The quantitative estimate of drug-likeness (QED) is 0.411. The Morgan fingerprint density at radius 1 is 1.06 bits per heavy atom. The third kappa shape index (κ3) is 9.70. The number of carbonyl (C=O) groups is 2. The van der Waals surface area contributed by atoms with Gasteiger partial charge in [-0.3, -0.25) is 4.79 Å². The van der Waals surface area contributed by atoms with Gasteiger partial charge in [-0.15, -0.1) is 0 Å². The van der Waals surface area contributed by atoms with E-state index in [1.807, 2.05) is 45.0 Å². The van der Waals surface area contributed by atoms with Gasteiger partial charge in [0.15, 0.2) is 6.29 Å². The molecule has 0 aromatic heterocycles. The minimum absolute atomic E-state index is 0.0279. The zero-order chi connectivity index (χ0) is 23.2. The Hall–Kier alpha value is -2.12. The van der Waals surface area contributed by atoms with E-state index >= 15 is 0 Å². The lowest BCUT2D eigenvalue weighted by molar-refractivity contribution is -0.143. The second-order valence-electron chi connectivity index (χ2n) is 6.25. The SMILES string of the molecule is CC.COC1CC(OC=O)C(COC(=O)c2ccc(Cl)cc2)O1.Cc1ccc(Cl)cc1. The first-order valence-electron chi connectivity index (χ1n) is 9.85. The highest BCUT2D eigenvalue weighted by Gasteiger charge is 2.37. The molecule has 0 bridgehead atoms. The van der Waals surface area contributed by atoms with Crippen molar-refractivity contribution in [2.75, 3.05) is 13.7 Å². The van der Waals surface area contributed by atoms with Crippen molar-refractivity contribution in [1.29, 1.82) is 0 Å². The smallest absolute Gasteiger partial charge is 0.338 e. The maximum absolute atomic E-state index is 11.9. The van der Waals surface area contributed by atoms with E-state index in [4.69, 9.17) is 42.1 Å². The van der Waals surface area contributed by atoms with E-state index in [0.29, 0.717) is 23.5 Å². The van der Waals surface area contributed by atoms with Crippen molar-refractivity contribution in [2.45, 2.75) is 45.7 Å². The summed E-state index contributed by atoms with van der Waals surface area (Å²) in [7, 11) is 1.49. The number of aryl methyl sites for hydroxylation is 1. The molecule has 1 aliphatic rings. The first kappa shape index (κ1) is 26.9. The molecule has 3 unspecified atom stereocenters. The van der Waals surface area contributed by atoms with Gasteiger partial charge in [0.05, 0.1) is 5.56 Å². The van der Waals surface area contributed by atoms with Gasteiger partial charge < -0.3 is 18.9 Å². The molecule has 0 N–H and O–H groups in total. The third-order valence-corrected chi connectivity index (χ3v) is 4.63. The second-order valence-corrected chi connectivity index (χ2v) is 7.12. The number of esters is 1. The molecule has 170 valence electrons. The molecule has 31 heavy (non-hydrogen) atoms. The topological polar surface area (TPSA) is 71.1 Å². The van der Waals surface area contributed by atoms with E-state index in [1.54, 1.807) is 24.3 Å². The average molecular weight is 471 g/mol. The van der Waals surface area contributed by atoms with Gasteiger partial charge in [0.2, 0.25) is 0 Å². The molecule has 1 aliphatic heterocycles. The molecule has 2 aromatic rings. The Morgan fingerprint density at radius 2 is 1.61 bits per heavy atom. The van der Waals surface area contributed by atoms with Crippen molar-refractivity contribution in [3.05, 3.63) is 69.7 Å². The zero-order valence-corrected chi connectivity index (χ0v) is 19.6. The van der Waals surface area contributed by atoms with Crippen molar-refractivity contribution >= 4 is 35.6 Å². The summed E-state index contributed by atoms with van der Waals surface area (Å²) in [6.45, 7) is 6.36. The van der Waals surface area contributed by atoms with Gasteiger partial charge in [0.1, 0.15) is 18.8 Å². The molecule has 0 saturated carbocycles. The summed E-state index contributed by atoms with van der Waals surface area (Å²) < 4.78 is 20.6. The third-order valence-electron chi connectivity index (χ3n) is 4.13. The molecule has 1 heterocycles. The maximum Gasteiger partial charge on any atom is 0.338 e. The highest BCUT2D eigenvalue weighted by Crippen LogP contribution is 2.24. The van der Waals surface area contributed by atoms with Crippen molar-refractivity contribution in [1.82, 2.24) is 0 Å². The average Bonchev–Trinajstić information content (AvgIpc) is 3.18. The minimum atomic E-state index is -0.545. The van der Waals surface area contributed by atoms with E-state index < -0.39 is 24.5 Å². The van der Waals surface area contributed by atoms with E-state index in [2.05, 4.69) is 0 Å². The van der Waals surface area contributed by atoms with Crippen molar-refractivity contribution < 1.29 is 28.5 Å². The summed E-state index contributed by atoms with van der Waals surface area (Å²) in [5.41, 5.74) is 1.63. The van der Waals surface area contributed by atoms with Gasteiger partial charge in [0, 0.05) is 23.6 Å². The summed E-state index contributed by atoms with van der Waals surface area (Å²) in [6, 6.07) is 14.1. The molecule has 6 nitrogen and oxygen atoms in total. The van der Waals surface area contributed by atoms with Crippen LogP contribution >= 0.6 is 23.2 Å². The van der Waals surface area contributed by atoms with Crippen LogP contribution < -0.4 is 0 Å². The van der Waals surface area contributed by atoms with Crippen molar-refractivity contribution in [3.63, 3.8) is 0 Å². The Balaban J connectivity index is 0.000000400. The van der Waals surface area contributed by atoms with Crippen LogP contribution in [0.2, 0.25) is 10.0 Å². The number of hydrogen-bond acceptors (Lipinski definition) is 6. The summed E-state index contributed by atoms with van der Waals surface area (Å²) in [5, 5.41) is 1.34. The van der Waals surface area contributed by atoms with Crippen LogP contribution in [0.4, 0.5) is 0 Å². The molecular weight excluding hydrogens is 443 g/mol. The van der Waals surface area contributed by atoms with Crippen LogP contribution in [0.15, 0.2) is 48.5 Å². The molecule has 2 aromatic carbocycles. The van der Waals surface area contributed by atoms with Crippen LogP contribution in [-0.2, 0) is 23.7 Å². The van der Waals surface area contributed by atoms with Crippen LogP contribution in [0, 0.1) is 6.92 Å². The van der Waals surface area contributed by atoms with Crippen LogP contribution in [-0.4, -0.2) is 44.7 Å². The van der Waals surface area contributed by atoms with E-state index in [0.717, 1.165) is 5.02 Å². The highest BCUT2D eigenvalue weighted by atomic mass is 35.5. The van der Waals surface area contributed by atoms with Gasteiger partial charge in [-0.05, 0) is 43.3 Å². The predicted molar refractivity (Wildman–Crippen MR) is 120 cm³/mol. The van der Waals surface area contributed by atoms with Gasteiger partial charge in [-0.1, -0.05) is 54.7 Å². The number of carbonyl (C=O) groups excluding carboxylic acids is 2. The van der Waals surface area contributed by atoms with Crippen molar-refractivity contribution in [3.8, 4) is 0 Å². The summed E-state index contributed by atoms with van der Waals surface area (Å²) in [5.74, 6) is -0.499.